The van der Waals surface area contributed by atoms with Crippen molar-refractivity contribution in [3.8, 4) is 12.3 Å². The van der Waals surface area contributed by atoms with Gasteiger partial charge in [-0.3, -0.25) is 14.4 Å². The predicted molar refractivity (Wildman–Crippen MR) is 118 cm³/mol. The molecule has 0 radical (unpaired) electrons. The molecule has 3 N–H and O–H groups in total. The number of terminal acetylenes is 1. The van der Waals surface area contributed by atoms with Gasteiger partial charge in [0.25, 0.3) is 11.8 Å². The third kappa shape index (κ3) is 7.24. The zero-order valence-electron chi connectivity index (χ0n) is 17.3. The van der Waals surface area contributed by atoms with Crippen LogP contribution in [0.3, 0.4) is 0 Å². The van der Waals surface area contributed by atoms with Crippen molar-refractivity contribution in [2.45, 2.75) is 38.5 Å². The number of nitrogens with zero attached hydrogens (tertiary/aromatic N) is 2. The molecule has 2 atom stereocenters. The molecule has 0 fully saturated rings. The lowest BCUT2D eigenvalue weighted by Gasteiger charge is -2.19. The Labute approximate surface area is 190 Å². The molecule has 0 aliphatic carbocycles. The van der Waals surface area contributed by atoms with E-state index in [4.69, 9.17) is 11.2 Å². The average molecular weight is 458 g/mol. The average Bonchev–Trinajstić information content (AvgIpc) is 2.78. The highest BCUT2D eigenvalue weighted by Gasteiger charge is 2.26. The summed E-state index contributed by atoms with van der Waals surface area (Å²) in [5.74, 6) is -0.383. The van der Waals surface area contributed by atoms with Gasteiger partial charge in [-0.1, -0.05) is 18.1 Å². The maximum atomic E-state index is 12.5. The SMILES string of the molecule is C#C[C@@H]1NC(=O)/C(=C/C)NC(=O)c2nccc(n2)CNC(=O)C[C@@H](/C=C/CCS)OC1=O. The molecule has 2 rings (SSSR count). The van der Waals surface area contributed by atoms with Gasteiger partial charge in [-0.2, -0.15) is 12.6 Å². The van der Waals surface area contributed by atoms with Gasteiger partial charge in [0, 0.05) is 6.20 Å². The first-order valence-corrected chi connectivity index (χ1v) is 10.3. The van der Waals surface area contributed by atoms with Crippen molar-refractivity contribution in [2.24, 2.45) is 0 Å². The van der Waals surface area contributed by atoms with Gasteiger partial charge in [0.2, 0.25) is 11.7 Å². The summed E-state index contributed by atoms with van der Waals surface area (Å²) in [7, 11) is 0. The van der Waals surface area contributed by atoms with E-state index in [1.54, 1.807) is 12.2 Å². The van der Waals surface area contributed by atoms with Crippen LogP contribution in [0.2, 0.25) is 0 Å². The highest BCUT2D eigenvalue weighted by molar-refractivity contribution is 7.80. The van der Waals surface area contributed by atoms with Crippen molar-refractivity contribution in [1.82, 2.24) is 25.9 Å². The fourth-order valence-corrected chi connectivity index (χ4v) is 2.70. The zero-order valence-corrected chi connectivity index (χ0v) is 18.2. The molecule has 1 aromatic heterocycles. The summed E-state index contributed by atoms with van der Waals surface area (Å²) in [5.41, 5.74) is 0.228. The molecule has 10 nitrogen and oxygen atoms in total. The van der Waals surface area contributed by atoms with Crippen LogP contribution in [-0.2, 0) is 25.7 Å². The van der Waals surface area contributed by atoms with Crippen LogP contribution < -0.4 is 16.0 Å². The molecule has 0 spiro atoms. The van der Waals surface area contributed by atoms with Crippen molar-refractivity contribution in [3.63, 3.8) is 0 Å². The number of rotatable bonds is 3. The van der Waals surface area contributed by atoms with Crippen molar-refractivity contribution < 1.29 is 23.9 Å². The van der Waals surface area contributed by atoms with E-state index in [0.717, 1.165) is 0 Å². The number of carbonyl (C=O) groups is 4. The van der Waals surface area contributed by atoms with E-state index >= 15 is 0 Å². The summed E-state index contributed by atoms with van der Waals surface area (Å²) in [6, 6.07) is 0.0936. The minimum Gasteiger partial charge on any atom is -0.455 e. The minimum atomic E-state index is -1.44. The number of ether oxygens (including phenoxy) is 1. The number of fused-ring (bicyclic) bond motifs is 2. The lowest BCUT2D eigenvalue weighted by atomic mass is 10.2. The molecule has 0 aromatic carbocycles. The smallest absolute Gasteiger partial charge is 0.341 e. The first kappa shape index (κ1) is 24.6. The van der Waals surface area contributed by atoms with Crippen LogP contribution in [0.5, 0.6) is 0 Å². The number of thiol groups is 1. The summed E-state index contributed by atoms with van der Waals surface area (Å²) < 4.78 is 5.35. The minimum absolute atomic E-state index is 0.0204. The number of hydrogen-bond donors (Lipinski definition) is 4. The molecule has 11 heteroatoms. The van der Waals surface area contributed by atoms with Gasteiger partial charge < -0.3 is 20.7 Å². The van der Waals surface area contributed by atoms with Gasteiger partial charge in [-0.25, -0.2) is 14.8 Å². The van der Waals surface area contributed by atoms with Crippen LogP contribution in [0.25, 0.3) is 0 Å². The number of carbonyl (C=O) groups excluding carboxylic acids is 4. The number of cyclic esters (lactones) is 1. The Morgan fingerprint density at radius 2 is 2.09 bits per heavy atom. The predicted octanol–water partition coefficient (Wildman–Crippen LogP) is 0.0360. The monoisotopic (exact) mass is 457 g/mol. The molecule has 0 saturated heterocycles. The lowest BCUT2D eigenvalue weighted by molar-refractivity contribution is -0.150. The number of allylic oxidation sites excluding steroid dienone is 2. The standard InChI is InChI=1S/C21H23N5O5S/c1-3-15-19(28)26-16(4-2)21(30)31-14(7-5-6-10-32)11-17(27)23-12-13-8-9-22-18(24-13)20(29)25-15/h2-3,5,7-9,14,16,32H,6,10-12H2,1H3,(H,23,27)(H,25,29)(H,26,28)/b7-5+,15-3-/t14-,16+/m1/s1. The van der Waals surface area contributed by atoms with Crippen LogP contribution in [0.4, 0.5) is 0 Å². The maximum Gasteiger partial charge on any atom is 0.341 e. The fourth-order valence-electron chi connectivity index (χ4n) is 2.55. The van der Waals surface area contributed by atoms with E-state index in [2.05, 4.69) is 44.5 Å². The molecule has 2 bridgehead atoms. The molecular weight excluding hydrogens is 434 g/mol. The quantitative estimate of drug-likeness (QED) is 0.165. The molecule has 0 unspecified atom stereocenters. The Bertz CT molecular complexity index is 985. The molecule has 0 saturated carbocycles. The van der Waals surface area contributed by atoms with Gasteiger partial charge in [0.05, 0.1) is 18.7 Å². The van der Waals surface area contributed by atoms with Gasteiger partial charge in [0.15, 0.2) is 6.04 Å². The third-order valence-electron chi connectivity index (χ3n) is 4.14. The first-order chi connectivity index (χ1) is 15.4. The fraction of sp³-hybridized carbons (Fsp3) is 0.333. The molecule has 1 aliphatic heterocycles. The number of nitrogens with one attached hydrogen (secondary N) is 3. The number of amides is 3. The molecule has 1 aliphatic rings. The van der Waals surface area contributed by atoms with E-state index < -0.39 is 35.8 Å². The lowest BCUT2D eigenvalue weighted by Crippen LogP contribution is -2.45. The van der Waals surface area contributed by atoms with E-state index in [1.807, 2.05) is 0 Å². The van der Waals surface area contributed by atoms with Crippen LogP contribution >= 0.6 is 12.6 Å². The Morgan fingerprint density at radius 3 is 2.78 bits per heavy atom. The third-order valence-corrected chi connectivity index (χ3v) is 4.40. The molecule has 2 heterocycles. The second-order valence-electron chi connectivity index (χ2n) is 6.50. The van der Waals surface area contributed by atoms with Crippen molar-refractivity contribution in [2.75, 3.05) is 5.75 Å². The number of aromatic nitrogens is 2. The molecule has 32 heavy (non-hydrogen) atoms. The van der Waals surface area contributed by atoms with Gasteiger partial charge >= 0.3 is 5.97 Å². The summed E-state index contributed by atoms with van der Waals surface area (Å²) in [6.45, 7) is 1.54. The van der Waals surface area contributed by atoms with Gasteiger partial charge in [-0.05, 0) is 31.2 Å². The van der Waals surface area contributed by atoms with Crippen LogP contribution in [0.1, 0.15) is 36.1 Å². The summed E-state index contributed by atoms with van der Waals surface area (Å²) in [4.78, 5) is 57.9. The number of esters is 1. The molecular formula is C21H23N5O5S. The van der Waals surface area contributed by atoms with Crippen LogP contribution in [0, 0.1) is 12.3 Å². The Kier molecular flexibility index (Phi) is 9.43. The summed E-state index contributed by atoms with van der Waals surface area (Å²) in [6.07, 6.45) is 10.9. The zero-order chi connectivity index (χ0) is 23.5. The van der Waals surface area contributed by atoms with Crippen LogP contribution in [0.15, 0.2) is 36.2 Å². The Balaban J connectivity index is 2.36. The second kappa shape index (κ2) is 12.3. The highest BCUT2D eigenvalue weighted by Crippen LogP contribution is 2.07. The van der Waals surface area contributed by atoms with E-state index in [0.29, 0.717) is 17.9 Å². The van der Waals surface area contributed by atoms with Crippen LogP contribution in [-0.4, -0.2) is 51.6 Å². The Hall–Kier alpha value is -3.65. The molecule has 1 aromatic rings. The normalized spacial score (nSPS) is 22.0. The maximum absolute atomic E-state index is 12.5. The summed E-state index contributed by atoms with van der Waals surface area (Å²) in [5, 5.41) is 7.35. The second-order valence-corrected chi connectivity index (χ2v) is 6.95. The van der Waals surface area contributed by atoms with Crippen molar-refractivity contribution >= 4 is 36.3 Å². The summed E-state index contributed by atoms with van der Waals surface area (Å²) >= 11 is 4.11. The van der Waals surface area contributed by atoms with Gasteiger partial charge in [0.1, 0.15) is 11.8 Å². The van der Waals surface area contributed by atoms with Crippen molar-refractivity contribution in [3.05, 3.63) is 47.7 Å². The van der Waals surface area contributed by atoms with E-state index in [-0.39, 0.29) is 24.5 Å². The highest BCUT2D eigenvalue weighted by atomic mass is 32.1. The topological polar surface area (TPSA) is 139 Å². The van der Waals surface area contributed by atoms with E-state index in [9.17, 15) is 19.2 Å². The molecule has 3 amide bonds. The number of hydrogen-bond acceptors (Lipinski definition) is 8. The molecule has 168 valence electrons. The Morgan fingerprint density at radius 1 is 1.31 bits per heavy atom. The first-order valence-electron chi connectivity index (χ1n) is 9.69. The van der Waals surface area contributed by atoms with E-state index in [1.165, 1.54) is 25.3 Å². The largest absolute Gasteiger partial charge is 0.455 e. The van der Waals surface area contributed by atoms with Crippen molar-refractivity contribution in [1.29, 1.82) is 0 Å². The van der Waals surface area contributed by atoms with Gasteiger partial charge in [-0.15, -0.1) is 6.42 Å².